The lowest BCUT2D eigenvalue weighted by Crippen LogP contribution is -2.39. The number of ether oxygens (including phenoxy) is 1. The lowest BCUT2D eigenvalue weighted by atomic mass is 10.0. The molecule has 1 unspecified atom stereocenters. The minimum Gasteiger partial charge on any atom is -0.381 e. The van der Waals surface area contributed by atoms with Crippen LogP contribution in [-0.2, 0) is 4.74 Å². The van der Waals surface area contributed by atoms with Gasteiger partial charge in [-0.25, -0.2) is 4.39 Å². The van der Waals surface area contributed by atoms with Crippen molar-refractivity contribution in [1.29, 1.82) is 0 Å². The first-order valence-corrected chi connectivity index (χ1v) is 3.61. The van der Waals surface area contributed by atoms with E-state index < -0.39 is 5.67 Å². The Morgan fingerprint density at radius 2 is 2.30 bits per heavy atom. The van der Waals surface area contributed by atoms with Crippen LogP contribution in [0.1, 0.15) is 12.8 Å². The summed E-state index contributed by atoms with van der Waals surface area (Å²) in [5.41, 5.74) is 4.04. The highest BCUT2D eigenvalue weighted by Gasteiger charge is 2.44. The number of nitrogens with two attached hydrogens (primary N) is 1. The van der Waals surface area contributed by atoms with Crippen LogP contribution in [0.25, 0.3) is 0 Å². The van der Waals surface area contributed by atoms with Gasteiger partial charge in [0.2, 0.25) is 0 Å². The molecule has 10 heavy (non-hydrogen) atoms. The average Bonchev–Trinajstić information content (AvgIpc) is 2.69. The summed E-state index contributed by atoms with van der Waals surface area (Å²) in [6.45, 7) is 0.236. The van der Waals surface area contributed by atoms with Gasteiger partial charge in [0.05, 0.1) is 6.61 Å². The average molecular weight is 147 g/mol. The van der Waals surface area contributed by atoms with Crippen LogP contribution in [0, 0.1) is 5.92 Å². The van der Waals surface area contributed by atoms with Gasteiger partial charge in [-0.3, -0.25) is 0 Å². The lowest BCUT2D eigenvalue weighted by Gasteiger charge is -2.21. The lowest BCUT2D eigenvalue weighted by molar-refractivity contribution is 0.0306. The van der Waals surface area contributed by atoms with Gasteiger partial charge in [0.1, 0.15) is 5.67 Å². The highest BCUT2D eigenvalue weighted by atomic mass is 19.1. The van der Waals surface area contributed by atoms with Crippen molar-refractivity contribution in [1.82, 2.24) is 0 Å². The molecule has 0 radical (unpaired) electrons. The van der Waals surface area contributed by atoms with E-state index in [2.05, 4.69) is 0 Å². The Kier molecular flexibility index (Phi) is 2.26. The van der Waals surface area contributed by atoms with E-state index in [4.69, 9.17) is 10.5 Å². The van der Waals surface area contributed by atoms with E-state index in [1.54, 1.807) is 0 Å². The predicted molar refractivity (Wildman–Crippen MR) is 37.5 cm³/mol. The van der Waals surface area contributed by atoms with Crippen molar-refractivity contribution >= 4 is 0 Å². The van der Waals surface area contributed by atoms with Crippen LogP contribution in [0.3, 0.4) is 0 Å². The van der Waals surface area contributed by atoms with Crippen molar-refractivity contribution in [2.24, 2.45) is 11.7 Å². The summed E-state index contributed by atoms with van der Waals surface area (Å²) in [4.78, 5) is 0. The topological polar surface area (TPSA) is 35.2 Å². The quantitative estimate of drug-likeness (QED) is 0.635. The summed E-state index contributed by atoms with van der Waals surface area (Å²) in [6.07, 6.45) is 1.94. The fourth-order valence-electron chi connectivity index (χ4n) is 1.18. The molecule has 1 aliphatic carbocycles. The first-order valence-electron chi connectivity index (χ1n) is 3.61. The maximum Gasteiger partial charge on any atom is 0.149 e. The Balaban J connectivity index is 2.39. The first kappa shape index (κ1) is 7.95. The van der Waals surface area contributed by atoms with Gasteiger partial charge in [0.25, 0.3) is 0 Å². The van der Waals surface area contributed by atoms with Crippen LogP contribution in [-0.4, -0.2) is 25.9 Å². The molecule has 60 valence electrons. The van der Waals surface area contributed by atoms with Gasteiger partial charge in [-0.1, -0.05) is 0 Å². The van der Waals surface area contributed by atoms with E-state index in [9.17, 15) is 4.39 Å². The number of hydrogen-bond donors (Lipinski definition) is 1. The van der Waals surface area contributed by atoms with Crippen molar-refractivity contribution in [3.8, 4) is 0 Å². The molecule has 0 aromatic heterocycles. The minimum absolute atomic E-state index is 0.0888. The van der Waals surface area contributed by atoms with Crippen LogP contribution in [0.4, 0.5) is 4.39 Å². The molecular formula is C7H14FNO. The molecule has 1 saturated carbocycles. The predicted octanol–water partition coefficient (Wildman–Crippen LogP) is 0.710. The highest BCUT2D eigenvalue weighted by molar-refractivity contribution is 4.95. The molecule has 2 nitrogen and oxygen atoms in total. The van der Waals surface area contributed by atoms with E-state index in [-0.39, 0.29) is 19.1 Å². The van der Waals surface area contributed by atoms with Gasteiger partial charge in [-0.2, -0.15) is 0 Å². The molecule has 1 atom stereocenters. The molecule has 0 spiro atoms. The molecule has 1 fully saturated rings. The summed E-state index contributed by atoms with van der Waals surface area (Å²) in [7, 11) is 1.51. The second kappa shape index (κ2) is 2.84. The second-order valence-corrected chi connectivity index (χ2v) is 2.95. The summed E-state index contributed by atoms with van der Waals surface area (Å²) in [6, 6.07) is 0. The molecule has 1 aliphatic rings. The van der Waals surface area contributed by atoms with E-state index in [0.717, 1.165) is 12.8 Å². The maximum absolute atomic E-state index is 13.5. The third-order valence-corrected chi connectivity index (χ3v) is 2.03. The fraction of sp³-hybridized carbons (Fsp3) is 1.00. The minimum atomic E-state index is -1.24. The Hall–Kier alpha value is -0.150. The Morgan fingerprint density at radius 1 is 1.70 bits per heavy atom. The van der Waals surface area contributed by atoms with Crippen molar-refractivity contribution in [3.63, 3.8) is 0 Å². The molecule has 0 amide bonds. The van der Waals surface area contributed by atoms with Crippen LogP contribution >= 0.6 is 0 Å². The smallest absolute Gasteiger partial charge is 0.149 e. The van der Waals surface area contributed by atoms with Crippen molar-refractivity contribution in [2.75, 3.05) is 20.3 Å². The molecule has 0 aromatic carbocycles. The molecular weight excluding hydrogens is 133 g/mol. The Bertz CT molecular complexity index is 116. The van der Waals surface area contributed by atoms with Crippen LogP contribution in [0.15, 0.2) is 0 Å². The first-order chi connectivity index (χ1) is 4.73. The number of alkyl halides is 1. The number of methoxy groups -OCH3 is 1. The highest BCUT2D eigenvalue weighted by Crippen LogP contribution is 2.41. The summed E-state index contributed by atoms with van der Waals surface area (Å²) in [5.74, 6) is 0.164. The molecule has 0 heterocycles. The maximum atomic E-state index is 13.5. The molecule has 0 bridgehead atoms. The van der Waals surface area contributed by atoms with E-state index >= 15 is 0 Å². The third kappa shape index (κ3) is 1.47. The second-order valence-electron chi connectivity index (χ2n) is 2.95. The molecule has 0 aromatic rings. The third-order valence-electron chi connectivity index (χ3n) is 2.03. The normalized spacial score (nSPS) is 24.3. The zero-order chi connectivity index (χ0) is 7.61. The van der Waals surface area contributed by atoms with E-state index in [0.29, 0.717) is 0 Å². The molecule has 1 rings (SSSR count). The number of halogens is 1. The van der Waals surface area contributed by atoms with Gasteiger partial charge in [-0.15, -0.1) is 0 Å². The molecule has 2 N–H and O–H groups in total. The molecule has 0 aliphatic heterocycles. The van der Waals surface area contributed by atoms with E-state index in [1.807, 2.05) is 0 Å². The van der Waals surface area contributed by atoms with Crippen molar-refractivity contribution < 1.29 is 9.13 Å². The zero-order valence-corrected chi connectivity index (χ0v) is 6.27. The summed E-state index contributed by atoms with van der Waals surface area (Å²) >= 11 is 0. The van der Waals surface area contributed by atoms with Crippen LogP contribution < -0.4 is 5.73 Å². The van der Waals surface area contributed by atoms with Gasteiger partial charge < -0.3 is 10.5 Å². The van der Waals surface area contributed by atoms with Crippen molar-refractivity contribution in [2.45, 2.75) is 18.5 Å². The number of rotatable bonds is 4. The SMILES string of the molecule is COCC(F)(CN)C1CC1. The molecule has 0 saturated heterocycles. The van der Waals surface area contributed by atoms with Gasteiger partial charge in [-0.05, 0) is 18.8 Å². The fourth-order valence-corrected chi connectivity index (χ4v) is 1.18. The van der Waals surface area contributed by atoms with E-state index in [1.165, 1.54) is 7.11 Å². The number of hydrogen-bond acceptors (Lipinski definition) is 2. The summed E-state index contributed by atoms with van der Waals surface area (Å²) < 4.78 is 18.2. The standard InChI is InChI=1S/C7H14FNO/c1-10-5-7(8,4-9)6-2-3-6/h6H,2-5,9H2,1H3. The van der Waals surface area contributed by atoms with Crippen molar-refractivity contribution in [3.05, 3.63) is 0 Å². The Morgan fingerprint density at radius 3 is 2.60 bits per heavy atom. The van der Waals surface area contributed by atoms with Gasteiger partial charge in [0, 0.05) is 13.7 Å². The largest absolute Gasteiger partial charge is 0.381 e. The van der Waals surface area contributed by atoms with Gasteiger partial charge >= 0.3 is 0 Å². The molecule has 3 heteroatoms. The Labute approximate surface area is 60.5 Å². The van der Waals surface area contributed by atoms with Crippen LogP contribution in [0.2, 0.25) is 0 Å². The summed E-state index contributed by atoms with van der Waals surface area (Å²) in [5, 5.41) is 0. The van der Waals surface area contributed by atoms with Gasteiger partial charge in [0.15, 0.2) is 0 Å². The monoisotopic (exact) mass is 147 g/mol. The van der Waals surface area contributed by atoms with Crippen LogP contribution in [0.5, 0.6) is 0 Å². The zero-order valence-electron chi connectivity index (χ0n) is 6.27.